The summed E-state index contributed by atoms with van der Waals surface area (Å²) in [4.78, 5) is 28.6. The van der Waals surface area contributed by atoms with Crippen molar-refractivity contribution in [1.29, 1.82) is 0 Å². The predicted molar refractivity (Wildman–Crippen MR) is 175 cm³/mol. The molecule has 1 atom stereocenters. The van der Waals surface area contributed by atoms with Gasteiger partial charge in [0.25, 0.3) is 5.78 Å². The fraction of sp³-hybridized carbons (Fsp3) is 0.176. The minimum absolute atomic E-state index is 0.0726. The number of fused-ring (bicyclic) bond motifs is 1. The van der Waals surface area contributed by atoms with Crippen LogP contribution in [0.3, 0.4) is 0 Å². The normalized spacial score (nSPS) is 15.9. The lowest BCUT2D eigenvalue weighted by Gasteiger charge is -2.23. The maximum Gasteiger partial charge on any atom is 0.301 e. The first-order valence-electron chi connectivity index (χ1n) is 14.1. The molecule has 1 unspecified atom stereocenters. The van der Waals surface area contributed by atoms with Crippen molar-refractivity contribution in [2.24, 2.45) is 0 Å². The third-order valence-corrected chi connectivity index (χ3v) is 9.55. The molecule has 6 rings (SSSR count). The van der Waals surface area contributed by atoms with Gasteiger partial charge >= 0.3 is 5.91 Å². The molecule has 5 aromatic rings. The molecule has 1 aromatic heterocycles. The second-order valence-electron chi connectivity index (χ2n) is 10.0. The molecular formula is C34H29N3O6S2. The standard InChI is InChI=1S/C34H29N3O6S2/c1-4-43-24-15-12-21(13-16-24)29-28(30(38)22-14-17-26(41-2)27(18-22)42-3)31(39)32(40)37(29)33-35-36-34(45-33)44-19-23-10-7-9-20-8-5-6-11-25(20)23/h5-18,29,38H,4,19H2,1-3H3/b30-28+. The number of aliphatic hydroxyl groups excluding tert-OH is 1. The number of rotatable bonds is 10. The molecule has 1 aliphatic heterocycles. The first-order chi connectivity index (χ1) is 21.9. The van der Waals surface area contributed by atoms with Gasteiger partial charge in [0.1, 0.15) is 11.5 Å². The molecular weight excluding hydrogens is 611 g/mol. The first-order valence-corrected chi connectivity index (χ1v) is 15.9. The summed E-state index contributed by atoms with van der Waals surface area (Å²) in [7, 11) is 2.98. The molecule has 45 heavy (non-hydrogen) atoms. The number of hydrogen-bond donors (Lipinski definition) is 1. The number of anilines is 1. The van der Waals surface area contributed by atoms with Gasteiger partial charge in [-0.15, -0.1) is 10.2 Å². The van der Waals surface area contributed by atoms with E-state index in [1.807, 2.05) is 25.1 Å². The molecule has 1 N–H and O–H groups in total. The van der Waals surface area contributed by atoms with Crippen LogP contribution in [0.5, 0.6) is 17.2 Å². The van der Waals surface area contributed by atoms with Gasteiger partial charge < -0.3 is 19.3 Å². The Bertz CT molecular complexity index is 1920. The highest BCUT2D eigenvalue weighted by molar-refractivity contribution is 8.00. The average Bonchev–Trinajstić information content (AvgIpc) is 3.65. The Labute approximate surface area is 268 Å². The molecule has 0 aliphatic carbocycles. The molecule has 11 heteroatoms. The summed E-state index contributed by atoms with van der Waals surface area (Å²) in [5.74, 6) is 0.132. The van der Waals surface area contributed by atoms with Gasteiger partial charge in [-0.05, 0) is 59.2 Å². The van der Waals surface area contributed by atoms with Crippen LogP contribution in [-0.2, 0) is 15.3 Å². The number of thioether (sulfide) groups is 1. The molecule has 1 fully saturated rings. The molecule has 2 heterocycles. The van der Waals surface area contributed by atoms with Gasteiger partial charge in [0.05, 0.1) is 32.4 Å². The molecule has 1 amide bonds. The third-order valence-electron chi connectivity index (χ3n) is 7.44. The number of hydrogen-bond acceptors (Lipinski definition) is 10. The third kappa shape index (κ3) is 5.84. The Morgan fingerprint density at radius 3 is 2.44 bits per heavy atom. The average molecular weight is 640 g/mol. The van der Waals surface area contributed by atoms with E-state index in [-0.39, 0.29) is 16.5 Å². The van der Waals surface area contributed by atoms with Gasteiger partial charge in [-0.25, -0.2) is 0 Å². The van der Waals surface area contributed by atoms with Crippen LogP contribution in [-0.4, -0.2) is 47.8 Å². The highest BCUT2D eigenvalue weighted by Gasteiger charge is 2.48. The fourth-order valence-electron chi connectivity index (χ4n) is 5.31. The van der Waals surface area contributed by atoms with E-state index in [4.69, 9.17) is 14.2 Å². The quantitative estimate of drug-likeness (QED) is 0.0566. The second kappa shape index (κ2) is 13.0. The number of aromatic nitrogens is 2. The molecule has 1 saturated heterocycles. The summed E-state index contributed by atoms with van der Waals surface area (Å²) in [6, 6.07) is 25.3. The molecule has 4 aromatic carbocycles. The van der Waals surface area contributed by atoms with Crippen LogP contribution in [0.1, 0.15) is 29.7 Å². The van der Waals surface area contributed by atoms with Crippen molar-refractivity contribution >= 4 is 56.5 Å². The van der Waals surface area contributed by atoms with Crippen molar-refractivity contribution in [3.63, 3.8) is 0 Å². The van der Waals surface area contributed by atoms with Gasteiger partial charge in [-0.2, -0.15) is 0 Å². The Kier molecular flexibility index (Phi) is 8.72. The fourth-order valence-corrected chi connectivity index (χ4v) is 7.18. The number of nitrogens with zero attached hydrogens (tertiary/aromatic N) is 3. The largest absolute Gasteiger partial charge is 0.507 e. The molecule has 9 nitrogen and oxygen atoms in total. The van der Waals surface area contributed by atoms with Gasteiger partial charge in [-0.1, -0.05) is 77.7 Å². The SMILES string of the molecule is CCOc1ccc(C2/C(=C(\O)c3ccc(OC)c(OC)c3)C(=O)C(=O)N2c2nnc(SCc3cccc4ccccc34)s2)cc1. The summed E-state index contributed by atoms with van der Waals surface area (Å²) in [5, 5.41) is 22.8. The predicted octanol–water partition coefficient (Wildman–Crippen LogP) is 7.03. The van der Waals surface area contributed by atoms with Crippen LogP contribution >= 0.6 is 23.1 Å². The van der Waals surface area contributed by atoms with Crippen LogP contribution in [0.25, 0.3) is 16.5 Å². The summed E-state index contributed by atoms with van der Waals surface area (Å²) in [6.45, 7) is 2.37. The monoisotopic (exact) mass is 639 g/mol. The zero-order valence-electron chi connectivity index (χ0n) is 24.7. The maximum atomic E-state index is 13.7. The van der Waals surface area contributed by atoms with E-state index in [0.717, 1.165) is 16.3 Å². The van der Waals surface area contributed by atoms with Crippen molar-refractivity contribution in [2.45, 2.75) is 23.1 Å². The Hall–Kier alpha value is -4.87. The summed E-state index contributed by atoms with van der Waals surface area (Å²) in [5.41, 5.74) is 1.97. The minimum atomic E-state index is -0.961. The van der Waals surface area contributed by atoms with Gasteiger partial charge in [0, 0.05) is 11.3 Å². The van der Waals surface area contributed by atoms with E-state index < -0.39 is 17.7 Å². The number of ketones is 1. The summed E-state index contributed by atoms with van der Waals surface area (Å²) < 4.78 is 17.0. The van der Waals surface area contributed by atoms with Crippen molar-refractivity contribution < 1.29 is 28.9 Å². The number of ether oxygens (including phenoxy) is 3. The molecule has 0 radical (unpaired) electrons. The highest BCUT2D eigenvalue weighted by atomic mass is 32.2. The lowest BCUT2D eigenvalue weighted by atomic mass is 9.95. The zero-order chi connectivity index (χ0) is 31.5. The summed E-state index contributed by atoms with van der Waals surface area (Å²) >= 11 is 2.72. The van der Waals surface area contributed by atoms with E-state index in [0.29, 0.717) is 45.1 Å². The van der Waals surface area contributed by atoms with Gasteiger partial charge in [-0.3, -0.25) is 14.5 Å². The lowest BCUT2D eigenvalue weighted by molar-refractivity contribution is -0.132. The lowest BCUT2D eigenvalue weighted by Crippen LogP contribution is -2.29. The number of Topliss-reactive ketones (excluding diaryl/α,β-unsaturated/α-hetero) is 1. The number of amides is 1. The molecule has 228 valence electrons. The van der Waals surface area contributed by atoms with E-state index in [9.17, 15) is 14.7 Å². The van der Waals surface area contributed by atoms with E-state index in [2.05, 4.69) is 34.5 Å². The summed E-state index contributed by atoms with van der Waals surface area (Å²) in [6.07, 6.45) is 0. The van der Waals surface area contributed by atoms with Crippen LogP contribution in [0.4, 0.5) is 5.13 Å². The van der Waals surface area contributed by atoms with E-state index in [1.165, 1.54) is 42.2 Å². The Balaban J connectivity index is 1.38. The van der Waals surface area contributed by atoms with Crippen LogP contribution in [0.15, 0.2) is 94.8 Å². The maximum absolute atomic E-state index is 13.7. The van der Waals surface area contributed by atoms with Crippen LogP contribution in [0.2, 0.25) is 0 Å². The van der Waals surface area contributed by atoms with E-state index in [1.54, 1.807) is 42.5 Å². The van der Waals surface area contributed by atoms with Crippen molar-refractivity contribution in [1.82, 2.24) is 10.2 Å². The molecule has 0 spiro atoms. The van der Waals surface area contributed by atoms with Crippen LogP contribution < -0.4 is 19.1 Å². The molecule has 0 saturated carbocycles. The Morgan fingerprint density at radius 2 is 1.69 bits per heavy atom. The van der Waals surface area contributed by atoms with Crippen molar-refractivity contribution in [3.05, 3.63) is 107 Å². The number of carbonyl (C=O) groups excluding carboxylic acids is 2. The number of carbonyl (C=O) groups is 2. The second-order valence-corrected chi connectivity index (χ2v) is 12.2. The minimum Gasteiger partial charge on any atom is -0.507 e. The van der Waals surface area contributed by atoms with Crippen molar-refractivity contribution in [3.8, 4) is 17.2 Å². The number of methoxy groups -OCH3 is 2. The topological polar surface area (TPSA) is 111 Å². The first kappa shape index (κ1) is 30.2. The molecule has 0 bridgehead atoms. The van der Waals surface area contributed by atoms with Gasteiger partial charge in [0.2, 0.25) is 5.13 Å². The molecule has 1 aliphatic rings. The van der Waals surface area contributed by atoms with Crippen molar-refractivity contribution in [2.75, 3.05) is 25.7 Å². The Morgan fingerprint density at radius 1 is 0.933 bits per heavy atom. The smallest absolute Gasteiger partial charge is 0.301 e. The van der Waals surface area contributed by atoms with E-state index >= 15 is 0 Å². The number of benzene rings is 4. The van der Waals surface area contributed by atoms with Crippen LogP contribution in [0, 0.1) is 0 Å². The highest BCUT2D eigenvalue weighted by Crippen LogP contribution is 2.45. The number of aliphatic hydroxyl groups is 1. The van der Waals surface area contributed by atoms with Gasteiger partial charge in [0.15, 0.2) is 15.8 Å². The zero-order valence-corrected chi connectivity index (χ0v) is 26.4.